The summed E-state index contributed by atoms with van der Waals surface area (Å²) in [6.45, 7) is 8.83. The molecule has 10 nitrogen and oxygen atoms in total. The van der Waals surface area contributed by atoms with Crippen LogP contribution in [0.1, 0.15) is 20.8 Å². The summed E-state index contributed by atoms with van der Waals surface area (Å²) in [5.41, 5.74) is 0.859. The van der Waals surface area contributed by atoms with Crippen LogP contribution in [0.2, 0.25) is 0 Å². The quantitative estimate of drug-likeness (QED) is 0.608. The number of hydrazone groups is 1. The first kappa shape index (κ1) is 19.3. The van der Waals surface area contributed by atoms with Gasteiger partial charge in [-0.05, 0) is 20.8 Å². The second kappa shape index (κ2) is 8.05. The summed E-state index contributed by atoms with van der Waals surface area (Å²) in [5.74, 6) is 0.546. The number of nitrogens with zero attached hydrogens (tertiary/aromatic N) is 6. The average Bonchev–Trinajstić information content (AvgIpc) is 3.02. The molecule has 0 amide bonds. The lowest BCUT2D eigenvalue weighted by atomic mass is 10.4. The van der Waals surface area contributed by atoms with Crippen LogP contribution < -0.4 is 16.3 Å². The minimum atomic E-state index is -0.402. The molecule has 0 aromatic carbocycles. The maximum atomic E-state index is 13.1. The van der Waals surface area contributed by atoms with E-state index in [0.717, 1.165) is 5.71 Å². The lowest BCUT2D eigenvalue weighted by molar-refractivity contribution is 0.137. The molecule has 3 heterocycles. The summed E-state index contributed by atoms with van der Waals surface area (Å²) < 4.78 is 15.2. The highest BCUT2D eigenvalue weighted by Gasteiger charge is 2.26. The van der Waals surface area contributed by atoms with E-state index in [-0.39, 0.29) is 12.1 Å². The molecule has 2 aromatic rings. The Morgan fingerprint density at radius 3 is 2.41 bits per heavy atom. The molecule has 0 spiro atoms. The van der Waals surface area contributed by atoms with Gasteiger partial charge in [0.15, 0.2) is 11.2 Å². The van der Waals surface area contributed by atoms with E-state index in [2.05, 4.69) is 10.1 Å². The van der Waals surface area contributed by atoms with Gasteiger partial charge in [-0.25, -0.2) is 9.80 Å². The molecule has 3 rings (SSSR count). The minimum Gasteiger partial charge on any atom is -0.380 e. The fourth-order valence-corrected chi connectivity index (χ4v) is 3.16. The number of aromatic nitrogens is 4. The van der Waals surface area contributed by atoms with Gasteiger partial charge in [0.2, 0.25) is 5.95 Å². The summed E-state index contributed by atoms with van der Waals surface area (Å²) in [6.07, 6.45) is 0. The van der Waals surface area contributed by atoms with Crippen molar-refractivity contribution in [3.63, 3.8) is 0 Å². The molecule has 1 aliphatic rings. The van der Waals surface area contributed by atoms with Crippen molar-refractivity contribution in [2.75, 3.05) is 38.0 Å². The number of hydrogen-bond acceptors (Lipinski definition) is 7. The molecule has 0 bridgehead atoms. The van der Waals surface area contributed by atoms with Gasteiger partial charge >= 0.3 is 5.69 Å². The summed E-state index contributed by atoms with van der Waals surface area (Å²) in [6, 6.07) is 0. The largest absolute Gasteiger partial charge is 0.380 e. The van der Waals surface area contributed by atoms with Gasteiger partial charge in [0, 0.05) is 20.3 Å². The molecule has 0 saturated heterocycles. The van der Waals surface area contributed by atoms with Gasteiger partial charge in [-0.3, -0.25) is 18.5 Å². The maximum Gasteiger partial charge on any atom is 0.332 e. The number of rotatable bonds is 8. The molecule has 0 atom stereocenters. The van der Waals surface area contributed by atoms with Crippen LogP contribution >= 0.6 is 0 Å². The van der Waals surface area contributed by atoms with Crippen molar-refractivity contribution in [1.29, 1.82) is 0 Å². The number of fused-ring (bicyclic) bond motifs is 3. The maximum absolute atomic E-state index is 13.1. The van der Waals surface area contributed by atoms with E-state index < -0.39 is 5.69 Å². The first-order valence-corrected chi connectivity index (χ1v) is 9.16. The van der Waals surface area contributed by atoms with E-state index in [0.29, 0.717) is 56.6 Å². The Bertz CT molecular complexity index is 970. The fourth-order valence-electron chi connectivity index (χ4n) is 3.16. The van der Waals surface area contributed by atoms with Crippen molar-refractivity contribution >= 4 is 22.8 Å². The third kappa shape index (κ3) is 3.54. The molecule has 0 fully saturated rings. The van der Waals surface area contributed by atoms with Crippen molar-refractivity contribution < 1.29 is 9.47 Å². The van der Waals surface area contributed by atoms with Gasteiger partial charge in [0.25, 0.3) is 5.56 Å². The van der Waals surface area contributed by atoms with Gasteiger partial charge < -0.3 is 9.47 Å². The molecular weight excluding hydrogens is 352 g/mol. The van der Waals surface area contributed by atoms with Crippen LogP contribution in [0.25, 0.3) is 11.2 Å². The molecule has 0 aliphatic carbocycles. The van der Waals surface area contributed by atoms with Crippen LogP contribution in [-0.2, 0) is 29.6 Å². The van der Waals surface area contributed by atoms with Crippen molar-refractivity contribution in [2.45, 2.75) is 33.9 Å². The molecule has 1 aliphatic heterocycles. The normalized spacial score (nSPS) is 13.9. The Kier molecular flexibility index (Phi) is 5.76. The Balaban J connectivity index is 2.11. The van der Waals surface area contributed by atoms with Gasteiger partial charge in [-0.15, -0.1) is 0 Å². The number of hydrogen-bond donors (Lipinski definition) is 0. The molecule has 0 radical (unpaired) electrons. The highest BCUT2D eigenvalue weighted by Crippen LogP contribution is 2.23. The zero-order valence-corrected chi connectivity index (χ0v) is 16.3. The lowest BCUT2D eigenvalue weighted by Crippen LogP contribution is -2.41. The standard InChI is InChI=1S/C17H26N6O4/c1-5-26-9-7-21-15(24)13-14(20(4)17(21)25)18-16-22(13)11-12(3)19-23(16)8-10-27-6-2/h5-11H2,1-4H3. The van der Waals surface area contributed by atoms with E-state index >= 15 is 0 Å². The summed E-state index contributed by atoms with van der Waals surface area (Å²) in [7, 11) is 1.62. The van der Waals surface area contributed by atoms with Crippen LogP contribution in [0.3, 0.4) is 0 Å². The van der Waals surface area contributed by atoms with Crippen LogP contribution in [0.5, 0.6) is 0 Å². The zero-order chi connectivity index (χ0) is 19.6. The summed E-state index contributed by atoms with van der Waals surface area (Å²) in [5, 5.41) is 6.25. The third-order valence-corrected chi connectivity index (χ3v) is 4.44. The van der Waals surface area contributed by atoms with E-state index in [1.165, 1.54) is 9.13 Å². The first-order chi connectivity index (χ1) is 13.0. The van der Waals surface area contributed by atoms with Crippen LogP contribution in [0, 0.1) is 0 Å². The van der Waals surface area contributed by atoms with Crippen molar-refractivity contribution in [3.05, 3.63) is 20.8 Å². The van der Waals surface area contributed by atoms with Crippen molar-refractivity contribution in [3.8, 4) is 0 Å². The molecule has 0 N–H and O–H groups in total. The molecular formula is C17H26N6O4. The van der Waals surface area contributed by atoms with Gasteiger partial charge in [0.05, 0.1) is 38.6 Å². The second-order valence-electron chi connectivity index (χ2n) is 6.32. The van der Waals surface area contributed by atoms with Gasteiger partial charge in [-0.1, -0.05) is 0 Å². The second-order valence-corrected chi connectivity index (χ2v) is 6.32. The monoisotopic (exact) mass is 378 g/mol. The smallest absolute Gasteiger partial charge is 0.332 e. The molecule has 10 heteroatoms. The number of anilines is 1. The topological polar surface area (TPSA) is 95.9 Å². The predicted molar refractivity (Wildman–Crippen MR) is 103 cm³/mol. The number of ether oxygens (including phenoxy) is 2. The highest BCUT2D eigenvalue weighted by atomic mass is 16.5. The molecule has 0 saturated carbocycles. The predicted octanol–water partition coefficient (Wildman–Crippen LogP) is 0.166. The van der Waals surface area contributed by atoms with Crippen LogP contribution in [0.15, 0.2) is 14.7 Å². The minimum absolute atomic E-state index is 0.205. The molecule has 2 aromatic heterocycles. The van der Waals surface area contributed by atoms with E-state index in [9.17, 15) is 9.59 Å². The lowest BCUT2D eigenvalue weighted by Gasteiger charge is -2.24. The zero-order valence-electron chi connectivity index (χ0n) is 16.3. The van der Waals surface area contributed by atoms with Crippen molar-refractivity contribution in [1.82, 2.24) is 18.7 Å². The van der Waals surface area contributed by atoms with Crippen molar-refractivity contribution in [2.24, 2.45) is 12.1 Å². The molecule has 148 valence electrons. The van der Waals surface area contributed by atoms with Crippen LogP contribution in [0.4, 0.5) is 5.95 Å². The average molecular weight is 378 g/mol. The third-order valence-electron chi connectivity index (χ3n) is 4.44. The Morgan fingerprint density at radius 1 is 1.07 bits per heavy atom. The van der Waals surface area contributed by atoms with Crippen LogP contribution in [-0.4, -0.2) is 57.4 Å². The summed E-state index contributed by atoms with van der Waals surface area (Å²) in [4.78, 5) is 30.2. The van der Waals surface area contributed by atoms with E-state index in [4.69, 9.17) is 9.47 Å². The molecule has 0 unspecified atom stereocenters. The van der Waals surface area contributed by atoms with Gasteiger partial charge in [0.1, 0.15) is 0 Å². The highest BCUT2D eigenvalue weighted by molar-refractivity contribution is 5.87. The Hall–Kier alpha value is -2.46. The molecule has 27 heavy (non-hydrogen) atoms. The first-order valence-electron chi connectivity index (χ1n) is 9.16. The fraction of sp³-hybridized carbons (Fsp3) is 0.647. The van der Waals surface area contributed by atoms with E-state index in [1.807, 2.05) is 25.3 Å². The Labute approximate surface area is 156 Å². The SMILES string of the molecule is CCOCCN1N=C(C)Cn2c1nc1c2c(=O)n(CCOCC)c(=O)n1C. The van der Waals surface area contributed by atoms with Gasteiger partial charge in [-0.2, -0.15) is 10.1 Å². The summed E-state index contributed by atoms with van der Waals surface area (Å²) >= 11 is 0. The Morgan fingerprint density at radius 2 is 1.74 bits per heavy atom. The number of imidazole rings is 1. The van der Waals surface area contributed by atoms with E-state index in [1.54, 1.807) is 12.1 Å². The number of aryl methyl sites for hydroxylation is 1.